The van der Waals surface area contributed by atoms with E-state index in [4.69, 9.17) is 0 Å². The lowest BCUT2D eigenvalue weighted by atomic mass is 9.79. The zero-order chi connectivity index (χ0) is 25.3. The number of hydrogen-bond donors (Lipinski definition) is 0. The quantitative estimate of drug-likeness (QED) is 0.197. The van der Waals surface area contributed by atoms with Gasteiger partial charge in [-0.15, -0.1) is 0 Å². The van der Waals surface area contributed by atoms with Gasteiger partial charge >= 0.3 is 0 Å². The first kappa shape index (κ1) is 26.7. The summed E-state index contributed by atoms with van der Waals surface area (Å²) in [5.74, 6) is 8.30. The Morgan fingerprint density at radius 1 is 0.778 bits per heavy atom. The highest BCUT2D eigenvalue weighted by atomic mass is 19.2. The van der Waals surface area contributed by atoms with Crippen LogP contribution in [0.1, 0.15) is 88.7 Å². The molecule has 0 N–H and O–H groups in total. The first-order valence-corrected chi connectivity index (χ1v) is 14.3. The second kappa shape index (κ2) is 13.2. The molecule has 0 bridgehead atoms. The van der Waals surface area contributed by atoms with Crippen LogP contribution >= 0.6 is 0 Å². The van der Waals surface area contributed by atoms with Crippen LogP contribution in [0.15, 0.2) is 48.6 Å². The van der Waals surface area contributed by atoms with Gasteiger partial charge in [-0.05, 0) is 86.8 Å². The molecule has 36 heavy (non-hydrogen) atoms. The smallest absolute Gasteiger partial charge is 0.166 e. The van der Waals surface area contributed by atoms with E-state index in [2.05, 4.69) is 30.9 Å². The normalized spacial score (nSPS) is 23.8. The molecule has 2 atom stereocenters. The molecular weight excluding hydrogens is 446 g/mol. The molecule has 2 aliphatic rings. The summed E-state index contributed by atoms with van der Waals surface area (Å²) in [6.07, 6.45) is 20.1. The molecule has 1 saturated carbocycles. The second-order valence-electron chi connectivity index (χ2n) is 11.1. The minimum Gasteiger partial charge on any atom is -0.203 e. The van der Waals surface area contributed by atoms with Crippen LogP contribution in [0.3, 0.4) is 0 Å². The number of aryl methyl sites for hydroxylation is 2. The maximum Gasteiger partial charge on any atom is 0.166 e. The summed E-state index contributed by atoms with van der Waals surface area (Å²) < 4.78 is 28.2. The summed E-state index contributed by atoms with van der Waals surface area (Å²) in [5, 5.41) is 0. The molecule has 1 fully saturated rings. The molecule has 0 amide bonds. The van der Waals surface area contributed by atoms with Crippen LogP contribution in [-0.4, -0.2) is 0 Å². The molecule has 0 radical (unpaired) electrons. The van der Waals surface area contributed by atoms with Gasteiger partial charge in [0.05, 0.1) is 0 Å². The van der Waals surface area contributed by atoms with Gasteiger partial charge in [0.15, 0.2) is 11.6 Å². The summed E-state index contributed by atoms with van der Waals surface area (Å²) in [6.45, 7) is 3.87. The molecule has 4 rings (SSSR count). The Balaban J connectivity index is 1.21. The molecule has 2 heteroatoms. The van der Waals surface area contributed by atoms with Gasteiger partial charge in [-0.2, -0.15) is 0 Å². The molecule has 2 aromatic carbocycles. The van der Waals surface area contributed by atoms with Gasteiger partial charge in [-0.3, -0.25) is 0 Å². The Morgan fingerprint density at radius 3 is 2.25 bits per heavy atom. The summed E-state index contributed by atoms with van der Waals surface area (Å²) in [5.41, 5.74) is 2.63. The van der Waals surface area contributed by atoms with Crippen LogP contribution in [0.25, 0.3) is 11.1 Å². The Labute approximate surface area is 217 Å². The van der Waals surface area contributed by atoms with Crippen molar-refractivity contribution in [3.05, 3.63) is 71.3 Å². The molecule has 0 aliphatic heterocycles. The van der Waals surface area contributed by atoms with E-state index in [0.29, 0.717) is 28.9 Å². The van der Waals surface area contributed by atoms with Gasteiger partial charge in [0.2, 0.25) is 0 Å². The second-order valence-corrected chi connectivity index (χ2v) is 11.1. The van der Waals surface area contributed by atoms with Gasteiger partial charge in [-0.1, -0.05) is 93.0 Å². The maximum atomic E-state index is 14.3. The number of halogens is 2. The fourth-order valence-corrected chi connectivity index (χ4v) is 5.81. The Morgan fingerprint density at radius 2 is 1.56 bits per heavy atom. The largest absolute Gasteiger partial charge is 0.203 e. The van der Waals surface area contributed by atoms with Gasteiger partial charge < -0.3 is 0 Å². The van der Waals surface area contributed by atoms with Gasteiger partial charge in [0.25, 0.3) is 0 Å². The minimum absolute atomic E-state index is 0.326. The molecule has 192 valence electrons. The lowest BCUT2D eigenvalue weighted by molar-refractivity contribution is 0.294. The highest BCUT2D eigenvalue weighted by Crippen LogP contribution is 2.32. The standard InChI is InChI=1S/C34H42F2/c1-3-4-5-6-26-8-10-27(11-9-26)12-13-28-14-16-29(17-15-28)18-19-30-20-22-31(23-21-30)32-24-7-25(2)33(35)34(32)36/h7,14,16,20-24,26-29H,3-6,8-11,15,17-19H2,1-2H3. The van der Waals surface area contributed by atoms with Crippen LogP contribution in [-0.2, 0) is 6.42 Å². The van der Waals surface area contributed by atoms with Crippen molar-refractivity contribution in [3.63, 3.8) is 0 Å². The average Bonchev–Trinajstić information content (AvgIpc) is 2.91. The van der Waals surface area contributed by atoms with E-state index in [-0.39, 0.29) is 0 Å². The first-order chi connectivity index (χ1) is 17.5. The van der Waals surface area contributed by atoms with Crippen molar-refractivity contribution in [2.75, 3.05) is 0 Å². The van der Waals surface area contributed by atoms with Gasteiger partial charge in [-0.25, -0.2) is 8.78 Å². The Bertz CT molecular complexity index is 1060. The van der Waals surface area contributed by atoms with E-state index in [0.717, 1.165) is 30.7 Å². The molecule has 2 unspecified atom stereocenters. The summed E-state index contributed by atoms with van der Waals surface area (Å²) in [7, 11) is 0. The van der Waals surface area contributed by atoms with Crippen LogP contribution in [0.2, 0.25) is 0 Å². The van der Waals surface area contributed by atoms with Crippen molar-refractivity contribution < 1.29 is 8.78 Å². The highest BCUT2D eigenvalue weighted by Gasteiger charge is 2.20. The van der Waals surface area contributed by atoms with Crippen molar-refractivity contribution in [1.82, 2.24) is 0 Å². The molecule has 0 saturated heterocycles. The van der Waals surface area contributed by atoms with Crippen molar-refractivity contribution in [2.24, 2.45) is 23.7 Å². The van der Waals surface area contributed by atoms with E-state index in [1.54, 1.807) is 19.1 Å². The van der Waals surface area contributed by atoms with E-state index in [1.165, 1.54) is 63.4 Å². The average molecular weight is 489 g/mol. The van der Waals surface area contributed by atoms with Crippen LogP contribution in [0, 0.1) is 54.1 Å². The Hall–Kier alpha value is -2.40. The van der Waals surface area contributed by atoms with Gasteiger partial charge in [0, 0.05) is 17.4 Å². The SMILES string of the molecule is CCCCCC1CCC(C#CC2C=CC(CCc3ccc(-c4ccc(C)c(F)c4F)cc3)CC2)CC1. The lowest BCUT2D eigenvalue weighted by Crippen LogP contribution is -2.14. The first-order valence-electron chi connectivity index (χ1n) is 14.3. The third-order valence-corrected chi connectivity index (χ3v) is 8.34. The van der Waals surface area contributed by atoms with E-state index >= 15 is 0 Å². The fraction of sp³-hybridized carbons (Fsp3) is 0.529. The van der Waals surface area contributed by atoms with Crippen LogP contribution in [0.5, 0.6) is 0 Å². The summed E-state index contributed by atoms with van der Waals surface area (Å²) in [4.78, 5) is 0. The summed E-state index contributed by atoms with van der Waals surface area (Å²) >= 11 is 0. The zero-order valence-corrected chi connectivity index (χ0v) is 22.2. The minimum atomic E-state index is -0.761. The lowest BCUT2D eigenvalue weighted by Gasteiger charge is -2.26. The number of allylic oxidation sites excluding steroid dienone is 2. The molecule has 0 heterocycles. The predicted octanol–water partition coefficient (Wildman–Crippen LogP) is 9.85. The van der Waals surface area contributed by atoms with Crippen molar-refractivity contribution in [2.45, 2.75) is 90.9 Å². The third kappa shape index (κ3) is 7.32. The Kier molecular flexibility index (Phi) is 9.80. The van der Waals surface area contributed by atoms with E-state index in [9.17, 15) is 8.78 Å². The summed E-state index contributed by atoms with van der Waals surface area (Å²) in [6, 6.07) is 11.2. The number of rotatable bonds is 8. The maximum absolute atomic E-state index is 14.3. The predicted molar refractivity (Wildman–Crippen MR) is 148 cm³/mol. The molecule has 0 nitrogen and oxygen atoms in total. The van der Waals surface area contributed by atoms with Crippen LogP contribution in [0.4, 0.5) is 8.78 Å². The van der Waals surface area contributed by atoms with Gasteiger partial charge in [0.1, 0.15) is 0 Å². The van der Waals surface area contributed by atoms with E-state index < -0.39 is 11.6 Å². The molecule has 0 aromatic heterocycles. The van der Waals surface area contributed by atoms with Crippen molar-refractivity contribution >= 4 is 0 Å². The molecular formula is C34H42F2. The molecule has 2 aliphatic carbocycles. The highest BCUT2D eigenvalue weighted by molar-refractivity contribution is 5.65. The molecule has 2 aromatic rings. The zero-order valence-electron chi connectivity index (χ0n) is 22.2. The fourth-order valence-electron chi connectivity index (χ4n) is 5.81. The van der Waals surface area contributed by atoms with Crippen LogP contribution < -0.4 is 0 Å². The van der Waals surface area contributed by atoms with Crippen molar-refractivity contribution in [1.29, 1.82) is 0 Å². The topological polar surface area (TPSA) is 0 Å². The number of unbranched alkanes of at least 4 members (excludes halogenated alkanes) is 2. The van der Waals surface area contributed by atoms with Crippen molar-refractivity contribution in [3.8, 4) is 23.0 Å². The monoisotopic (exact) mass is 488 g/mol. The van der Waals surface area contributed by atoms with E-state index in [1.807, 2.05) is 24.3 Å². The molecule has 0 spiro atoms. The third-order valence-electron chi connectivity index (χ3n) is 8.34. The number of benzene rings is 2. The number of hydrogen-bond acceptors (Lipinski definition) is 0.